The molecule has 0 radical (unpaired) electrons. The molecular weight excluding hydrogens is 354 g/mol. The van der Waals surface area contributed by atoms with Crippen molar-refractivity contribution in [2.75, 3.05) is 18.6 Å². The van der Waals surface area contributed by atoms with Crippen molar-refractivity contribution < 1.29 is 14.3 Å². The van der Waals surface area contributed by atoms with E-state index >= 15 is 0 Å². The van der Waals surface area contributed by atoms with Crippen molar-refractivity contribution in [3.8, 4) is 5.75 Å². The number of methoxy groups -OCH3 is 1. The molecule has 0 unspecified atom stereocenters. The molecule has 0 bridgehead atoms. The molecule has 1 N–H and O–H groups in total. The van der Waals surface area contributed by atoms with Crippen molar-refractivity contribution in [3.05, 3.63) is 59.7 Å². The van der Waals surface area contributed by atoms with Gasteiger partial charge in [0.05, 0.1) is 12.8 Å². The second kappa shape index (κ2) is 9.17. The Hall–Kier alpha value is -3.15. The van der Waals surface area contributed by atoms with Crippen LogP contribution in [0.4, 0.5) is 5.69 Å². The third-order valence-electron chi connectivity index (χ3n) is 4.83. The number of hydrogen-bond donors (Lipinski definition) is 1. The molecule has 146 valence electrons. The van der Waals surface area contributed by atoms with Gasteiger partial charge in [0.2, 0.25) is 11.8 Å². The van der Waals surface area contributed by atoms with Crippen molar-refractivity contribution in [3.63, 3.8) is 0 Å². The summed E-state index contributed by atoms with van der Waals surface area (Å²) in [5, 5.41) is 4.13. The van der Waals surface area contributed by atoms with Crippen molar-refractivity contribution in [1.29, 1.82) is 0 Å². The van der Waals surface area contributed by atoms with Crippen molar-refractivity contribution >= 4 is 23.2 Å². The molecule has 2 aromatic carbocycles. The van der Waals surface area contributed by atoms with Gasteiger partial charge in [-0.2, -0.15) is 5.10 Å². The van der Waals surface area contributed by atoms with Gasteiger partial charge in [-0.1, -0.05) is 18.2 Å². The molecule has 2 aromatic rings. The standard InChI is InChI=1S/C22H25N3O3/c1-16(17-9-11-19(28-2)12-10-17)23-24-21(26)13-14-22(27)25-15-5-7-18-6-3-4-8-20(18)25/h3-4,6,8-12H,5,7,13-15H2,1-2H3,(H,24,26). The smallest absolute Gasteiger partial charge is 0.240 e. The lowest BCUT2D eigenvalue weighted by atomic mass is 10.0. The Labute approximate surface area is 165 Å². The van der Waals surface area contributed by atoms with Crippen LogP contribution in [0.1, 0.15) is 37.3 Å². The summed E-state index contributed by atoms with van der Waals surface area (Å²) in [6, 6.07) is 15.4. The average Bonchev–Trinajstić information content (AvgIpc) is 2.75. The largest absolute Gasteiger partial charge is 0.497 e. The van der Waals surface area contributed by atoms with Crippen LogP contribution >= 0.6 is 0 Å². The van der Waals surface area contributed by atoms with Gasteiger partial charge in [-0.25, -0.2) is 5.43 Å². The predicted octanol–water partition coefficient (Wildman–Crippen LogP) is 3.30. The SMILES string of the molecule is COc1ccc(C(C)=NNC(=O)CCC(=O)N2CCCc3ccccc32)cc1. The topological polar surface area (TPSA) is 71.0 Å². The summed E-state index contributed by atoms with van der Waals surface area (Å²) in [5.74, 6) is 0.461. The minimum atomic E-state index is -0.272. The van der Waals surface area contributed by atoms with Gasteiger partial charge < -0.3 is 9.64 Å². The molecule has 0 fully saturated rings. The summed E-state index contributed by atoms with van der Waals surface area (Å²) in [6.45, 7) is 2.52. The zero-order valence-electron chi connectivity index (χ0n) is 16.3. The van der Waals surface area contributed by atoms with E-state index in [0.29, 0.717) is 12.3 Å². The van der Waals surface area contributed by atoms with Gasteiger partial charge in [0.25, 0.3) is 0 Å². The Morgan fingerprint density at radius 1 is 1.11 bits per heavy atom. The summed E-state index contributed by atoms with van der Waals surface area (Å²) in [5.41, 5.74) is 6.26. The second-order valence-electron chi connectivity index (χ2n) is 6.74. The van der Waals surface area contributed by atoms with Gasteiger partial charge in [-0.05, 0) is 61.2 Å². The maximum Gasteiger partial charge on any atom is 0.240 e. The van der Waals surface area contributed by atoms with E-state index in [-0.39, 0.29) is 24.7 Å². The highest BCUT2D eigenvalue weighted by atomic mass is 16.5. The first-order chi connectivity index (χ1) is 13.6. The van der Waals surface area contributed by atoms with E-state index in [1.54, 1.807) is 12.0 Å². The molecule has 1 aliphatic heterocycles. The number of hydrazone groups is 1. The van der Waals surface area contributed by atoms with Crippen LogP contribution in [0, 0.1) is 0 Å². The summed E-state index contributed by atoms with van der Waals surface area (Å²) in [6.07, 6.45) is 2.20. The molecule has 1 heterocycles. The highest BCUT2D eigenvalue weighted by molar-refractivity contribution is 6.00. The molecule has 0 saturated carbocycles. The summed E-state index contributed by atoms with van der Waals surface area (Å²) >= 11 is 0. The third kappa shape index (κ3) is 4.76. The summed E-state index contributed by atoms with van der Waals surface area (Å²) in [7, 11) is 1.61. The molecule has 0 atom stereocenters. The molecule has 6 nitrogen and oxygen atoms in total. The van der Waals surface area contributed by atoms with E-state index < -0.39 is 0 Å². The van der Waals surface area contributed by atoms with E-state index in [4.69, 9.17) is 4.74 Å². The molecule has 0 spiro atoms. The monoisotopic (exact) mass is 379 g/mol. The van der Waals surface area contributed by atoms with E-state index in [1.807, 2.05) is 49.4 Å². The van der Waals surface area contributed by atoms with Gasteiger partial charge in [0, 0.05) is 25.1 Å². The first-order valence-corrected chi connectivity index (χ1v) is 9.44. The quantitative estimate of drug-likeness (QED) is 0.618. The Balaban J connectivity index is 1.52. The number of rotatable bonds is 6. The number of hydrogen-bond acceptors (Lipinski definition) is 4. The molecule has 6 heteroatoms. The van der Waals surface area contributed by atoms with Crippen molar-refractivity contribution in [2.24, 2.45) is 5.10 Å². The fourth-order valence-electron chi connectivity index (χ4n) is 3.25. The van der Waals surface area contributed by atoms with Crippen LogP contribution in [0.3, 0.4) is 0 Å². The molecular formula is C22H25N3O3. The molecule has 1 aliphatic rings. The number of ether oxygens (including phenoxy) is 1. The minimum Gasteiger partial charge on any atom is -0.497 e. The number of anilines is 1. The van der Waals surface area contributed by atoms with E-state index in [0.717, 1.165) is 29.8 Å². The van der Waals surface area contributed by atoms with Crippen LogP contribution in [0.5, 0.6) is 5.75 Å². The highest BCUT2D eigenvalue weighted by Gasteiger charge is 2.22. The first kappa shape index (κ1) is 19.6. The van der Waals surface area contributed by atoms with Gasteiger partial charge >= 0.3 is 0 Å². The van der Waals surface area contributed by atoms with Gasteiger partial charge in [0.1, 0.15) is 5.75 Å². The fraction of sp³-hybridized carbons (Fsp3) is 0.318. The van der Waals surface area contributed by atoms with Crippen LogP contribution in [-0.2, 0) is 16.0 Å². The Morgan fingerprint density at radius 2 is 1.86 bits per heavy atom. The van der Waals surface area contributed by atoms with Crippen LogP contribution in [0.25, 0.3) is 0 Å². The van der Waals surface area contributed by atoms with Crippen LogP contribution in [-0.4, -0.2) is 31.2 Å². The van der Waals surface area contributed by atoms with Crippen LogP contribution in [0.15, 0.2) is 53.6 Å². The zero-order chi connectivity index (χ0) is 19.9. The van der Waals surface area contributed by atoms with Crippen LogP contribution < -0.4 is 15.1 Å². The number of nitrogens with zero attached hydrogens (tertiary/aromatic N) is 2. The van der Waals surface area contributed by atoms with E-state index in [2.05, 4.69) is 16.6 Å². The third-order valence-corrected chi connectivity index (χ3v) is 4.83. The summed E-state index contributed by atoms with van der Waals surface area (Å²) < 4.78 is 5.13. The number of benzene rings is 2. The molecule has 2 amide bonds. The highest BCUT2D eigenvalue weighted by Crippen LogP contribution is 2.27. The van der Waals surface area contributed by atoms with Crippen LogP contribution in [0.2, 0.25) is 0 Å². The zero-order valence-corrected chi connectivity index (χ0v) is 16.3. The maximum atomic E-state index is 12.6. The number of carbonyl (C=O) groups excluding carboxylic acids is 2. The first-order valence-electron chi connectivity index (χ1n) is 9.44. The molecule has 3 rings (SSSR count). The van der Waals surface area contributed by atoms with Crippen molar-refractivity contribution in [1.82, 2.24) is 5.43 Å². The van der Waals surface area contributed by atoms with E-state index in [9.17, 15) is 9.59 Å². The number of nitrogens with one attached hydrogen (secondary N) is 1. The maximum absolute atomic E-state index is 12.6. The normalized spacial score (nSPS) is 13.6. The fourth-order valence-corrected chi connectivity index (χ4v) is 3.25. The van der Waals surface area contributed by atoms with E-state index in [1.165, 1.54) is 5.56 Å². The lowest BCUT2D eigenvalue weighted by Gasteiger charge is -2.29. The van der Waals surface area contributed by atoms with Gasteiger partial charge in [-0.15, -0.1) is 0 Å². The Bertz CT molecular complexity index is 875. The number of aryl methyl sites for hydroxylation is 1. The number of amides is 2. The molecule has 0 saturated heterocycles. The average molecular weight is 379 g/mol. The Morgan fingerprint density at radius 3 is 2.61 bits per heavy atom. The lowest BCUT2D eigenvalue weighted by Crippen LogP contribution is -2.36. The second-order valence-corrected chi connectivity index (χ2v) is 6.74. The van der Waals surface area contributed by atoms with Gasteiger partial charge in [0.15, 0.2) is 0 Å². The van der Waals surface area contributed by atoms with Gasteiger partial charge in [-0.3, -0.25) is 9.59 Å². The Kier molecular flexibility index (Phi) is 6.42. The van der Waals surface area contributed by atoms with Crippen molar-refractivity contribution in [2.45, 2.75) is 32.6 Å². The minimum absolute atomic E-state index is 0.0295. The number of para-hydroxylation sites is 1. The molecule has 28 heavy (non-hydrogen) atoms. The number of fused-ring (bicyclic) bond motifs is 1. The summed E-state index contributed by atoms with van der Waals surface area (Å²) in [4.78, 5) is 26.5. The lowest BCUT2D eigenvalue weighted by molar-refractivity contribution is -0.125. The molecule has 0 aliphatic carbocycles. The predicted molar refractivity (Wildman–Crippen MR) is 110 cm³/mol. The number of carbonyl (C=O) groups is 2. The molecule has 0 aromatic heterocycles.